The van der Waals surface area contributed by atoms with Gasteiger partial charge in [0, 0.05) is 18.3 Å². The number of hydrogen-bond donors (Lipinski definition) is 1. The summed E-state index contributed by atoms with van der Waals surface area (Å²) in [7, 11) is 1.83. The van der Waals surface area contributed by atoms with Crippen molar-refractivity contribution < 1.29 is 13.9 Å². The molecule has 0 aliphatic heterocycles. The summed E-state index contributed by atoms with van der Waals surface area (Å²) in [4.78, 5) is 11.6. The van der Waals surface area contributed by atoms with Gasteiger partial charge in [-0.25, -0.2) is 9.82 Å². The lowest BCUT2D eigenvalue weighted by Crippen LogP contribution is -2.24. The summed E-state index contributed by atoms with van der Waals surface area (Å²) >= 11 is 0. The molecule has 2 rings (SSSR count). The minimum Gasteiger partial charge on any atom is -0.481 e. The lowest BCUT2D eigenvalue weighted by atomic mass is 10.2. The summed E-state index contributed by atoms with van der Waals surface area (Å²) in [6.45, 7) is 3.45. The van der Waals surface area contributed by atoms with Crippen LogP contribution in [0.25, 0.3) is 0 Å². The Morgan fingerprint density at radius 2 is 2.18 bits per heavy atom. The van der Waals surface area contributed by atoms with Crippen LogP contribution in [-0.4, -0.2) is 28.5 Å². The number of halogens is 1. The molecule has 0 aliphatic rings. The molecule has 7 heteroatoms. The van der Waals surface area contributed by atoms with Crippen molar-refractivity contribution in [2.75, 3.05) is 6.61 Å². The molecule has 0 fully saturated rings. The first-order chi connectivity index (χ1) is 10.5. The van der Waals surface area contributed by atoms with Crippen LogP contribution in [0.5, 0.6) is 5.75 Å². The molecule has 1 heterocycles. The molecule has 0 saturated carbocycles. The molecule has 0 radical (unpaired) electrons. The SMILES string of the molecule is Cc1nn(C)c(C)c1/C=N\NC(=O)COc1ccccc1F. The summed E-state index contributed by atoms with van der Waals surface area (Å²) in [6, 6.07) is 5.89. The van der Waals surface area contributed by atoms with Crippen molar-refractivity contribution >= 4 is 12.1 Å². The van der Waals surface area contributed by atoms with Crippen LogP contribution < -0.4 is 10.2 Å². The van der Waals surface area contributed by atoms with E-state index in [4.69, 9.17) is 4.74 Å². The number of ether oxygens (including phenoxy) is 1. The normalized spacial score (nSPS) is 10.9. The fourth-order valence-electron chi connectivity index (χ4n) is 1.88. The minimum absolute atomic E-state index is 0.0283. The van der Waals surface area contributed by atoms with E-state index in [0.717, 1.165) is 17.0 Å². The monoisotopic (exact) mass is 304 g/mol. The largest absolute Gasteiger partial charge is 0.481 e. The Hall–Kier alpha value is -2.70. The number of nitrogens with one attached hydrogen (secondary N) is 1. The van der Waals surface area contributed by atoms with Crippen LogP contribution >= 0.6 is 0 Å². The van der Waals surface area contributed by atoms with Crippen LogP contribution in [-0.2, 0) is 11.8 Å². The van der Waals surface area contributed by atoms with Gasteiger partial charge in [0.15, 0.2) is 18.2 Å². The summed E-state index contributed by atoms with van der Waals surface area (Å²) in [5.41, 5.74) is 4.94. The topological polar surface area (TPSA) is 68.5 Å². The molecule has 2 aromatic rings. The number of amides is 1. The second kappa shape index (κ2) is 6.84. The van der Waals surface area contributed by atoms with E-state index in [1.54, 1.807) is 16.8 Å². The zero-order valence-corrected chi connectivity index (χ0v) is 12.6. The first-order valence-corrected chi connectivity index (χ1v) is 6.68. The summed E-state index contributed by atoms with van der Waals surface area (Å²) < 4.78 is 20.1. The van der Waals surface area contributed by atoms with Gasteiger partial charge in [0.1, 0.15) is 0 Å². The van der Waals surface area contributed by atoms with E-state index in [1.807, 2.05) is 20.9 Å². The van der Waals surface area contributed by atoms with E-state index in [-0.39, 0.29) is 12.4 Å². The predicted octanol–water partition coefficient (Wildman–Crippen LogP) is 1.71. The van der Waals surface area contributed by atoms with Gasteiger partial charge >= 0.3 is 0 Å². The molecular formula is C15H17FN4O2. The van der Waals surface area contributed by atoms with Crippen molar-refractivity contribution in [3.8, 4) is 5.75 Å². The van der Waals surface area contributed by atoms with Crippen LogP contribution in [0.15, 0.2) is 29.4 Å². The van der Waals surface area contributed by atoms with Crippen molar-refractivity contribution in [3.05, 3.63) is 47.0 Å². The van der Waals surface area contributed by atoms with E-state index in [1.165, 1.54) is 18.3 Å². The van der Waals surface area contributed by atoms with Crippen LogP contribution in [0.3, 0.4) is 0 Å². The van der Waals surface area contributed by atoms with Gasteiger partial charge in [0.25, 0.3) is 5.91 Å². The van der Waals surface area contributed by atoms with Crippen LogP contribution in [0.4, 0.5) is 4.39 Å². The van der Waals surface area contributed by atoms with Crippen LogP contribution in [0.2, 0.25) is 0 Å². The standard InChI is InChI=1S/C15H17FN4O2/c1-10-12(11(2)20(3)19-10)8-17-18-15(21)9-22-14-7-5-4-6-13(14)16/h4-8H,9H2,1-3H3,(H,18,21)/b17-8-. The third kappa shape index (κ3) is 3.69. The Labute approximate surface area is 127 Å². The lowest BCUT2D eigenvalue weighted by Gasteiger charge is -2.05. The number of hydrazone groups is 1. The maximum absolute atomic E-state index is 13.3. The minimum atomic E-state index is -0.514. The second-order valence-corrected chi connectivity index (χ2v) is 4.72. The van der Waals surface area contributed by atoms with Gasteiger partial charge in [-0.2, -0.15) is 10.2 Å². The molecule has 1 aromatic carbocycles. The Bertz CT molecular complexity index is 710. The van der Waals surface area contributed by atoms with Gasteiger partial charge in [-0.1, -0.05) is 12.1 Å². The third-order valence-corrected chi connectivity index (χ3v) is 3.14. The van der Waals surface area contributed by atoms with Gasteiger partial charge < -0.3 is 4.74 Å². The maximum Gasteiger partial charge on any atom is 0.277 e. The number of nitrogens with zero attached hydrogens (tertiary/aromatic N) is 3. The molecule has 6 nitrogen and oxygen atoms in total. The second-order valence-electron chi connectivity index (χ2n) is 4.72. The zero-order chi connectivity index (χ0) is 16.1. The molecule has 0 atom stereocenters. The van der Waals surface area contributed by atoms with Crippen molar-refractivity contribution in [3.63, 3.8) is 0 Å². The Morgan fingerprint density at radius 3 is 2.82 bits per heavy atom. The highest BCUT2D eigenvalue weighted by Crippen LogP contribution is 2.14. The summed E-state index contributed by atoms with van der Waals surface area (Å²) in [5.74, 6) is -0.959. The average Bonchev–Trinajstić information content (AvgIpc) is 2.72. The highest BCUT2D eigenvalue weighted by molar-refractivity contribution is 5.84. The van der Waals surface area contributed by atoms with Crippen LogP contribution in [0.1, 0.15) is 17.0 Å². The first-order valence-electron chi connectivity index (χ1n) is 6.68. The van der Waals surface area contributed by atoms with Gasteiger partial charge in [-0.3, -0.25) is 9.48 Å². The molecule has 0 saturated heterocycles. The van der Waals surface area contributed by atoms with E-state index in [9.17, 15) is 9.18 Å². The molecule has 1 amide bonds. The molecule has 0 spiro atoms. The van der Waals surface area contributed by atoms with Crippen molar-refractivity contribution in [2.45, 2.75) is 13.8 Å². The fourth-order valence-corrected chi connectivity index (χ4v) is 1.88. The third-order valence-electron chi connectivity index (χ3n) is 3.14. The number of aromatic nitrogens is 2. The molecule has 1 aromatic heterocycles. The van der Waals surface area contributed by atoms with E-state index < -0.39 is 11.7 Å². The lowest BCUT2D eigenvalue weighted by molar-refractivity contribution is -0.123. The van der Waals surface area contributed by atoms with Gasteiger partial charge in [0.05, 0.1) is 11.9 Å². The Balaban J connectivity index is 1.88. The number of aryl methyl sites for hydroxylation is 2. The summed E-state index contributed by atoms with van der Waals surface area (Å²) in [6.07, 6.45) is 1.53. The number of carbonyl (C=O) groups is 1. The molecule has 0 unspecified atom stereocenters. The molecule has 0 aliphatic carbocycles. The number of para-hydroxylation sites is 1. The van der Waals surface area contributed by atoms with E-state index in [0.29, 0.717) is 0 Å². The van der Waals surface area contributed by atoms with E-state index in [2.05, 4.69) is 15.6 Å². The van der Waals surface area contributed by atoms with Gasteiger partial charge in [0.2, 0.25) is 0 Å². The molecular weight excluding hydrogens is 287 g/mol. The van der Waals surface area contributed by atoms with Crippen molar-refractivity contribution in [1.82, 2.24) is 15.2 Å². The van der Waals surface area contributed by atoms with Crippen molar-refractivity contribution in [1.29, 1.82) is 0 Å². The fraction of sp³-hybridized carbons (Fsp3) is 0.267. The van der Waals surface area contributed by atoms with Gasteiger partial charge in [-0.05, 0) is 26.0 Å². The Kier molecular flexibility index (Phi) is 4.88. The highest BCUT2D eigenvalue weighted by Gasteiger charge is 2.08. The number of benzene rings is 1. The predicted molar refractivity (Wildman–Crippen MR) is 80.3 cm³/mol. The van der Waals surface area contributed by atoms with Crippen molar-refractivity contribution in [2.24, 2.45) is 12.1 Å². The first kappa shape index (κ1) is 15.7. The quantitative estimate of drug-likeness (QED) is 0.675. The number of hydrogen-bond acceptors (Lipinski definition) is 4. The number of rotatable bonds is 5. The van der Waals surface area contributed by atoms with Crippen LogP contribution in [0, 0.1) is 19.7 Å². The maximum atomic E-state index is 13.3. The number of carbonyl (C=O) groups excluding carboxylic acids is 1. The average molecular weight is 304 g/mol. The smallest absolute Gasteiger partial charge is 0.277 e. The van der Waals surface area contributed by atoms with Gasteiger partial charge in [-0.15, -0.1) is 0 Å². The highest BCUT2D eigenvalue weighted by atomic mass is 19.1. The molecule has 116 valence electrons. The molecule has 1 N–H and O–H groups in total. The summed E-state index contributed by atoms with van der Waals surface area (Å²) in [5, 5.41) is 8.10. The zero-order valence-electron chi connectivity index (χ0n) is 12.6. The molecule has 22 heavy (non-hydrogen) atoms. The molecule has 0 bridgehead atoms. The Morgan fingerprint density at radius 1 is 1.45 bits per heavy atom. The van der Waals surface area contributed by atoms with E-state index >= 15 is 0 Å².